The standard InChI is InChI=1S/C24H30FNOS/c25-22-8-10-23(11-9-22)28-19-24(27-18-21-6-7-21)13-16-26(17-14-24)15-12-20-4-2-1-3-5-20/h1-5,8-11,21H,6-7,12-19H2. The predicted octanol–water partition coefficient (Wildman–Crippen LogP) is 5.42. The minimum atomic E-state index is -0.171. The van der Waals surface area contributed by atoms with E-state index < -0.39 is 0 Å². The molecule has 2 aromatic carbocycles. The van der Waals surface area contributed by atoms with Gasteiger partial charge in [-0.05, 0) is 67.9 Å². The molecule has 1 aliphatic carbocycles. The molecule has 28 heavy (non-hydrogen) atoms. The van der Waals surface area contributed by atoms with Crippen molar-refractivity contribution in [1.82, 2.24) is 4.90 Å². The molecular formula is C24H30FNOS. The van der Waals surface area contributed by atoms with Crippen LogP contribution in [0.4, 0.5) is 4.39 Å². The Hall–Kier alpha value is -1.36. The fraction of sp³-hybridized carbons (Fsp3) is 0.500. The van der Waals surface area contributed by atoms with Crippen molar-refractivity contribution < 1.29 is 9.13 Å². The van der Waals surface area contributed by atoms with Crippen LogP contribution in [0.1, 0.15) is 31.2 Å². The van der Waals surface area contributed by atoms with Gasteiger partial charge in [0.1, 0.15) is 5.82 Å². The van der Waals surface area contributed by atoms with Crippen molar-refractivity contribution in [1.29, 1.82) is 0 Å². The summed E-state index contributed by atoms with van der Waals surface area (Å²) >= 11 is 1.81. The quantitative estimate of drug-likeness (QED) is 0.522. The summed E-state index contributed by atoms with van der Waals surface area (Å²) in [7, 11) is 0. The number of rotatable bonds is 9. The molecule has 0 aromatic heterocycles. The number of halogens is 1. The number of ether oxygens (including phenoxy) is 1. The van der Waals surface area contributed by atoms with Crippen LogP contribution in [0.15, 0.2) is 59.5 Å². The molecule has 150 valence electrons. The summed E-state index contributed by atoms with van der Waals surface area (Å²) in [5.41, 5.74) is 1.38. The number of nitrogens with zero attached hydrogens (tertiary/aromatic N) is 1. The third-order valence-electron chi connectivity index (χ3n) is 5.96. The van der Waals surface area contributed by atoms with E-state index >= 15 is 0 Å². The predicted molar refractivity (Wildman–Crippen MR) is 114 cm³/mol. The summed E-state index contributed by atoms with van der Waals surface area (Å²) in [5.74, 6) is 1.57. The van der Waals surface area contributed by atoms with Gasteiger partial charge in [-0.15, -0.1) is 11.8 Å². The highest BCUT2D eigenvalue weighted by atomic mass is 32.2. The molecule has 0 atom stereocenters. The molecule has 1 aliphatic heterocycles. The molecule has 4 heteroatoms. The van der Waals surface area contributed by atoms with E-state index in [-0.39, 0.29) is 11.4 Å². The van der Waals surface area contributed by atoms with E-state index in [2.05, 4.69) is 35.2 Å². The Morgan fingerprint density at radius 2 is 1.71 bits per heavy atom. The maximum Gasteiger partial charge on any atom is 0.123 e. The van der Waals surface area contributed by atoms with Crippen molar-refractivity contribution in [2.45, 2.75) is 42.6 Å². The van der Waals surface area contributed by atoms with E-state index in [1.807, 2.05) is 23.9 Å². The van der Waals surface area contributed by atoms with Crippen LogP contribution in [0, 0.1) is 11.7 Å². The van der Waals surface area contributed by atoms with Crippen molar-refractivity contribution >= 4 is 11.8 Å². The third-order valence-corrected chi connectivity index (χ3v) is 7.24. The molecule has 4 rings (SSSR count). The summed E-state index contributed by atoms with van der Waals surface area (Å²) < 4.78 is 19.7. The number of thioether (sulfide) groups is 1. The van der Waals surface area contributed by atoms with Gasteiger partial charge in [-0.1, -0.05) is 30.3 Å². The average molecular weight is 400 g/mol. The first-order valence-electron chi connectivity index (χ1n) is 10.5. The first kappa shape index (κ1) is 19.9. The maximum atomic E-state index is 13.2. The topological polar surface area (TPSA) is 12.5 Å². The van der Waals surface area contributed by atoms with E-state index in [1.165, 1.54) is 18.4 Å². The number of piperidine rings is 1. The Labute approximate surface area is 172 Å². The lowest BCUT2D eigenvalue weighted by molar-refractivity contribution is -0.0712. The van der Waals surface area contributed by atoms with Crippen LogP contribution >= 0.6 is 11.8 Å². The molecule has 2 fully saturated rings. The molecule has 1 saturated carbocycles. The van der Waals surface area contributed by atoms with Gasteiger partial charge in [0.25, 0.3) is 0 Å². The van der Waals surface area contributed by atoms with Gasteiger partial charge >= 0.3 is 0 Å². The first-order valence-corrected chi connectivity index (χ1v) is 11.5. The molecule has 0 spiro atoms. The largest absolute Gasteiger partial charge is 0.374 e. The molecule has 2 aromatic rings. The fourth-order valence-corrected chi connectivity index (χ4v) is 4.90. The molecular weight excluding hydrogens is 369 g/mol. The van der Waals surface area contributed by atoms with Crippen molar-refractivity contribution in [3.05, 3.63) is 66.0 Å². The van der Waals surface area contributed by atoms with Crippen LogP contribution in [0.5, 0.6) is 0 Å². The molecule has 0 unspecified atom stereocenters. The Balaban J connectivity index is 1.30. The Morgan fingerprint density at radius 3 is 2.39 bits per heavy atom. The van der Waals surface area contributed by atoms with E-state index in [4.69, 9.17) is 4.74 Å². The monoisotopic (exact) mass is 399 g/mol. The zero-order valence-corrected chi connectivity index (χ0v) is 17.3. The number of likely N-dealkylation sites (tertiary alicyclic amines) is 1. The lowest BCUT2D eigenvalue weighted by Gasteiger charge is -2.41. The van der Waals surface area contributed by atoms with Gasteiger partial charge in [0.05, 0.1) is 12.2 Å². The zero-order valence-electron chi connectivity index (χ0n) is 16.5. The number of hydrogen-bond donors (Lipinski definition) is 0. The SMILES string of the molecule is Fc1ccc(SCC2(OCC3CC3)CCN(CCc3ccccc3)CC2)cc1. The molecule has 0 amide bonds. The summed E-state index contributed by atoms with van der Waals surface area (Å²) in [5, 5.41) is 0. The van der Waals surface area contributed by atoms with Crippen molar-refractivity contribution in [3.63, 3.8) is 0 Å². The van der Waals surface area contributed by atoms with Gasteiger partial charge in [0.15, 0.2) is 0 Å². The summed E-state index contributed by atoms with van der Waals surface area (Å²) in [6, 6.07) is 17.6. The Morgan fingerprint density at radius 1 is 1.00 bits per heavy atom. The summed E-state index contributed by atoms with van der Waals surface area (Å²) in [6.45, 7) is 4.23. The normalized spacial score (nSPS) is 19.6. The molecule has 0 bridgehead atoms. The molecule has 2 nitrogen and oxygen atoms in total. The molecule has 0 N–H and O–H groups in total. The van der Waals surface area contributed by atoms with Gasteiger partial charge in [-0.25, -0.2) is 4.39 Å². The van der Waals surface area contributed by atoms with Crippen molar-refractivity contribution in [2.24, 2.45) is 5.92 Å². The number of benzene rings is 2. The van der Waals surface area contributed by atoms with Gasteiger partial charge in [-0.3, -0.25) is 0 Å². The van der Waals surface area contributed by atoms with Gasteiger partial charge < -0.3 is 9.64 Å². The smallest absolute Gasteiger partial charge is 0.123 e. The second-order valence-electron chi connectivity index (χ2n) is 8.26. The van der Waals surface area contributed by atoms with Crippen molar-refractivity contribution in [3.8, 4) is 0 Å². The second-order valence-corrected chi connectivity index (χ2v) is 9.31. The first-order chi connectivity index (χ1) is 13.7. The molecule has 0 radical (unpaired) electrons. The summed E-state index contributed by atoms with van der Waals surface area (Å²) in [6.07, 6.45) is 5.93. The van der Waals surface area contributed by atoms with E-state index in [0.717, 1.165) is 62.1 Å². The Bertz CT molecular complexity index is 724. The van der Waals surface area contributed by atoms with E-state index in [9.17, 15) is 4.39 Å². The van der Waals surface area contributed by atoms with Crippen LogP contribution < -0.4 is 0 Å². The lowest BCUT2D eigenvalue weighted by atomic mass is 9.92. The van der Waals surface area contributed by atoms with Crippen LogP contribution in [-0.4, -0.2) is 42.5 Å². The van der Waals surface area contributed by atoms with E-state index in [1.54, 1.807) is 12.1 Å². The number of hydrogen-bond acceptors (Lipinski definition) is 3. The van der Waals surface area contributed by atoms with Gasteiger partial charge in [0.2, 0.25) is 0 Å². The lowest BCUT2D eigenvalue weighted by Crippen LogP contribution is -2.48. The minimum absolute atomic E-state index is 0.0368. The fourth-order valence-electron chi connectivity index (χ4n) is 3.77. The molecule has 2 aliphatic rings. The minimum Gasteiger partial charge on any atom is -0.374 e. The van der Waals surface area contributed by atoms with Gasteiger partial charge in [0, 0.05) is 30.3 Å². The maximum absolute atomic E-state index is 13.2. The van der Waals surface area contributed by atoms with Crippen LogP contribution in [0.25, 0.3) is 0 Å². The van der Waals surface area contributed by atoms with Crippen LogP contribution in [-0.2, 0) is 11.2 Å². The van der Waals surface area contributed by atoms with Crippen molar-refractivity contribution in [2.75, 3.05) is 32.0 Å². The zero-order chi connectivity index (χ0) is 19.2. The highest BCUT2D eigenvalue weighted by Crippen LogP contribution is 2.37. The highest BCUT2D eigenvalue weighted by Gasteiger charge is 2.37. The van der Waals surface area contributed by atoms with Crippen LogP contribution in [0.3, 0.4) is 0 Å². The molecule has 1 heterocycles. The second kappa shape index (κ2) is 9.43. The third kappa shape index (κ3) is 5.82. The van der Waals surface area contributed by atoms with Crippen LogP contribution in [0.2, 0.25) is 0 Å². The molecule has 1 saturated heterocycles. The Kier molecular flexibility index (Phi) is 6.71. The van der Waals surface area contributed by atoms with Gasteiger partial charge in [-0.2, -0.15) is 0 Å². The summed E-state index contributed by atoms with van der Waals surface area (Å²) in [4.78, 5) is 3.70. The highest BCUT2D eigenvalue weighted by molar-refractivity contribution is 7.99. The van der Waals surface area contributed by atoms with E-state index in [0.29, 0.717) is 0 Å². The average Bonchev–Trinajstić information content (AvgIpc) is 3.57.